The van der Waals surface area contributed by atoms with Crippen molar-refractivity contribution in [1.82, 2.24) is 10.1 Å². The largest absolute Gasteiger partial charge is 0.399 e. The Morgan fingerprint density at radius 1 is 1.05 bits per heavy atom. The van der Waals surface area contributed by atoms with Gasteiger partial charge in [0.05, 0.1) is 0 Å². The molecule has 0 spiro atoms. The number of hydrogen-bond donors (Lipinski definition) is 1. The molecule has 0 amide bonds. The van der Waals surface area contributed by atoms with Gasteiger partial charge in [0, 0.05) is 17.7 Å². The number of nitrogens with two attached hydrogens (primary N) is 1. The molecule has 2 aromatic carbocycles. The lowest BCUT2D eigenvalue weighted by atomic mass is 10.1. The highest BCUT2D eigenvalue weighted by Crippen LogP contribution is 2.17. The molecule has 5 heteroatoms. The van der Waals surface area contributed by atoms with Gasteiger partial charge in [-0.2, -0.15) is 4.98 Å². The molecule has 0 radical (unpaired) electrons. The molecule has 21 heavy (non-hydrogen) atoms. The third-order valence-electron chi connectivity index (χ3n) is 3.16. The van der Waals surface area contributed by atoms with Gasteiger partial charge in [-0.05, 0) is 36.2 Å². The molecule has 1 aromatic heterocycles. The van der Waals surface area contributed by atoms with E-state index in [0.717, 1.165) is 17.7 Å². The van der Waals surface area contributed by atoms with E-state index >= 15 is 0 Å². The molecule has 4 nitrogen and oxygen atoms in total. The maximum absolute atomic E-state index is 13.2. The quantitative estimate of drug-likeness (QED) is 0.746. The molecule has 0 saturated carbocycles. The van der Waals surface area contributed by atoms with Crippen LogP contribution in [0.25, 0.3) is 11.4 Å². The Labute approximate surface area is 121 Å². The van der Waals surface area contributed by atoms with Crippen LogP contribution in [0.5, 0.6) is 0 Å². The molecule has 0 aliphatic heterocycles. The van der Waals surface area contributed by atoms with Crippen molar-refractivity contribution in [1.29, 1.82) is 0 Å². The Hall–Kier alpha value is -2.69. The Balaban J connectivity index is 1.69. The summed E-state index contributed by atoms with van der Waals surface area (Å²) in [5, 5.41) is 3.88. The summed E-state index contributed by atoms with van der Waals surface area (Å²) in [6.07, 6.45) is 1.41. The van der Waals surface area contributed by atoms with Gasteiger partial charge >= 0.3 is 0 Å². The van der Waals surface area contributed by atoms with Crippen LogP contribution in [0.4, 0.5) is 10.1 Å². The van der Waals surface area contributed by atoms with E-state index in [9.17, 15) is 4.39 Å². The Kier molecular flexibility index (Phi) is 3.64. The van der Waals surface area contributed by atoms with Gasteiger partial charge in [0.15, 0.2) is 0 Å². The lowest BCUT2D eigenvalue weighted by Gasteiger charge is -1.98. The van der Waals surface area contributed by atoms with Crippen LogP contribution in [0, 0.1) is 5.82 Å². The number of nitrogens with zero attached hydrogens (tertiary/aromatic N) is 2. The molecule has 0 bridgehead atoms. The fourth-order valence-corrected chi connectivity index (χ4v) is 2.04. The summed E-state index contributed by atoms with van der Waals surface area (Å²) in [4.78, 5) is 4.29. The van der Waals surface area contributed by atoms with Crippen molar-refractivity contribution in [2.24, 2.45) is 0 Å². The molecular formula is C16H14FN3O. The molecule has 0 saturated heterocycles. The summed E-state index contributed by atoms with van der Waals surface area (Å²) in [7, 11) is 0. The zero-order valence-electron chi connectivity index (χ0n) is 11.3. The number of rotatable bonds is 4. The van der Waals surface area contributed by atoms with E-state index in [1.165, 1.54) is 12.1 Å². The van der Waals surface area contributed by atoms with Gasteiger partial charge in [0.1, 0.15) is 5.82 Å². The average Bonchev–Trinajstić information content (AvgIpc) is 2.96. The lowest BCUT2D eigenvalue weighted by Crippen LogP contribution is -1.92. The summed E-state index contributed by atoms with van der Waals surface area (Å²) < 4.78 is 18.4. The van der Waals surface area contributed by atoms with Crippen LogP contribution in [0.3, 0.4) is 0 Å². The first-order valence-corrected chi connectivity index (χ1v) is 6.64. The highest BCUT2D eigenvalue weighted by molar-refractivity contribution is 5.53. The van der Waals surface area contributed by atoms with Gasteiger partial charge < -0.3 is 10.3 Å². The third kappa shape index (κ3) is 3.25. The normalized spacial score (nSPS) is 10.7. The second-order valence-electron chi connectivity index (χ2n) is 4.76. The molecule has 0 atom stereocenters. The zero-order chi connectivity index (χ0) is 14.7. The van der Waals surface area contributed by atoms with Crippen molar-refractivity contribution >= 4 is 5.69 Å². The van der Waals surface area contributed by atoms with Gasteiger partial charge in [-0.25, -0.2) is 4.39 Å². The highest BCUT2D eigenvalue weighted by Gasteiger charge is 2.09. The zero-order valence-corrected chi connectivity index (χ0v) is 11.3. The van der Waals surface area contributed by atoms with Crippen LogP contribution < -0.4 is 5.73 Å². The van der Waals surface area contributed by atoms with Gasteiger partial charge in [-0.1, -0.05) is 29.4 Å². The molecule has 1 heterocycles. The van der Waals surface area contributed by atoms with Crippen LogP contribution in [0.15, 0.2) is 53.1 Å². The van der Waals surface area contributed by atoms with Crippen LogP contribution in [-0.4, -0.2) is 10.1 Å². The van der Waals surface area contributed by atoms with Crippen molar-refractivity contribution in [2.75, 3.05) is 5.73 Å². The van der Waals surface area contributed by atoms with Crippen molar-refractivity contribution in [3.8, 4) is 11.4 Å². The van der Waals surface area contributed by atoms with Crippen molar-refractivity contribution in [3.05, 3.63) is 65.8 Å². The van der Waals surface area contributed by atoms with Crippen molar-refractivity contribution < 1.29 is 8.91 Å². The third-order valence-corrected chi connectivity index (χ3v) is 3.16. The Morgan fingerprint density at radius 2 is 1.86 bits per heavy atom. The Morgan fingerprint density at radius 3 is 2.62 bits per heavy atom. The first kappa shape index (κ1) is 13.3. The standard InChI is InChI=1S/C16H14FN3O/c17-13-3-1-2-12(10-13)16-19-15(21-20-16)9-6-11-4-7-14(18)8-5-11/h1-5,7-8,10H,6,9,18H2. The van der Waals surface area contributed by atoms with Crippen molar-refractivity contribution in [2.45, 2.75) is 12.8 Å². The second-order valence-corrected chi connectivity index (χ2v) is 4.76. The summed E-state index contributed by atoms with van der Waals surface area (Å²) in [5.74, 6) is 0.619. The van der Waals surface area contributed by atoms with E-state index in [0.29, 0.717) is 23.7 Å². The summed E-state index contributed by atoms with van der Waals surface area (Å²) >= 11 is 0. The number of anilines is 1. The first-order valence-electron chi connectivity index (χ1n) is 6.64. The monoisotopic (exact) mass is 283 g/mol. The minimum Gasteiger partial charge on any atom is -0.399 e. The fraction of sp³-hybridized carbons (Fsp3) is 0.125. The smallest absolute Gasteiger partial charge is 0.227 e. The number of benzene rings is 2. The van der Waals surface area contributed by atoms with E-state index in [2.05, 4.69) is 10.1 Å². The lowest BCUT2D eigenvalue weighted by molar-refractivity contribution is 0.379. The maximum Gasteiger partial charge on any atom is 0.227 e. The Bertz CT molecular complexity index is 737. The van der Waals surface area contributed by atoms with E-state index in [-0.39, 0.29) is 5.82 Å². The average molecular weight is 283 g/mol. The van der Waals surface area contributed by atoms with Crippen LogP contribution in [-0.2, 0) is 12.8 Å². The van der Waals surface area contributed by atoms with Crippen LogP contribution in [0.1, 0.15) is 11.5 Å². The van der Waals surface area contributed by atoms with Gasteiger partial charge in [0.2, 0.25) is 11.7 Å². The SMILES string of the molecule is Nc1ccc(CCc2nc(-c3cccc(F)c3)no2)cc1. The van der Waals surface area contributed by atoms with E-state index in [4.69, 9.17) is 10.3 Å². The minimum absolute atomic E-state index is 0.319. The number of hydrogen-bond acceptors (Lipinski definition) is 4. The van der Waals surface area contributed by atoms with Crippen molar-refractivity contribution in [3.63, 3.8) is 0 Å². The number of aryl methyl sites for hydroxylation is 2. The topological polar surface area (TPSA) is 64.9 Å². The summed E-state index contributed by atoms with van der Waals surface area (Å²) in [6.45, 7) is 0. The molecule has 3 aromatic rings. The molecule has 2 N–H and O–H groups in total. The minimum atomic E-state index is -0.319. The maximum atomic E-state index is 13.2. The molecule has 0 unspecified atom stereocenters. The predicted octanol–water partition coefficient (Wildman–Crippen LogP) is 3.24. The number of aromatic nitrogens is 2. The molecule has 3 rings (SSSR count). The number of halogens is 1. The van der Waals surface area contributed by atoms with E-state index < -0.39 is 0 Å². The highest BCUT2D eigenvalue weighted by atomic mass is 19.1. The van der Waals surface area contributed by atoms with Gasteiger partial charge in [0.25, 0.3) is 0 Å². The van der Waals surface area contributed by atoms with Crippen LogP contribution >= 0.6 is 0 Å². The van der Waals surface area contributed by atoms with E-state index in [1.54, 1.807) is 12.1 Å². The van der Waals surface area contributed by atoms with Crippen LogP contribution in [0.2, 0.25) is 0 Å². The molecule has 0 aliphatic rings. The van der Waals surface area contributed by atoms with Gasteiger partial charge in [-0.3, -0.25) is 0 Å². The second kappa shape index (κ2) is 5.75. The molecule has 0 aliphatic carbocycles. The summed E-state index contributed by atoms with van der Waals surface area (Å²) in [5.41, 5.74) is 8.14. The molecule has 106 valence electrons. The predicted molar refractivity (Wildman–Crippen MR) is 78.0 cm³/mol. The molecular weight excluding hydrogens is 269 g/mol. The van der Waals surface area contributed by atoms with E-state index in [1.807, 2.05) is 24.3 Å². The molecule has 0 fully saturated rings. The van der Waals surface area contributed by atoms with Gasteiger partial charge in [-0.15, -0.1) is 0 Å². The fourth-order valence-electron chi connectivity index (χ4n) is 2.04. The number of nitrogen functional groups attached to an aromatic ring is 1. The summed E-state index contributed by atoms with van der Waals surface area (Å²) in [6, 6.07) is 13.8. The first-order chi connectivity index (χ1) is 10.2.